The first kappa shape index (κ1) is 37.9. The second-order valence-electron chi connectivity index (χ2n) is 8.19. The molecule has 2 radical (unpaired) electrons. The van der Waals surface area contributed by atoms with Crippen LogP contribution in [0.3, 0.4) is 0 Å². The van der Waals surface area contributed by atoms with Gasteiger partial charge in [0.05, 0.1) is 0 Å². The molecule has 0 aliphatic carbocycles. The number of hydrogen-bond acceptors (Lipinski definition) is 3. The molecule has 226 valence electrons. The standard InChI is InChI=1S/C12H7F3N.2C11H8N.2Ir.Pt/c13-12(14,15)10-6-4-9(5-7-10)11-3-1-2-8-16-11;2*1-2-6-10(7-3-1)11-8-4-5-9-12-11;;;/h1-4,6-8H;2*1-6,8-9H;;;/q3*-1;;;. The maximum Gasteiger partial charge on any atom is 0.381 e. The second kappa shape index (κ2) is 20.0. The fourth-order valence-corrected chi connectivity index (χ4v) is 3.43. The second-order valence-corrected chi connectivity index (χ2v) is 8.19. The van der Waals surface area contributed by atoms with Gasteiger partial charge in [-0.1, -0.05) is 36.4 Å². The van der Waals surface area contributed by atoms with Gasteiger partial charge in [-0.2, -0.15) is 13.2 Å². The van der Waals surface area contributed by atoms with E-state index in [0.29, 0.717) is 11.3 Å². The third kappa shape index (κ3) is 12.6. The third-order valence-corrected chi connectivity index (χ3v) is 5.38. The predicted octanol–water partition coefficient (Wildman–Crippen LogP) is 8.66. The van der Waals surface area contributed by atoms with E-state index in [4.69, 9.17) is 0 Å². The SMILES string of the molecule is FC(F)(F)c1c[c-]c(-c2ccccn2)cc1.[Ir].[Ir].[Pt].[c-]1ccccc1-c1ccccn1.[c-]1ccccc1-c1ccccn1. The fraction of sp³-hybridized carbons (Fsp3) is 0.0294. The summed E-state index contributed by atoms with van der Waals surface area (Å²) in [6.07, 6.45) is 0.840. The van der Waals surface area contributed by atoms with Crippen molar-refractivity contribution in [2.75, 3.05) is 0 Å². The number of hydrogen-bond donors (Lipinski definition) is 0. The molecule has 6 rings (SSSR count). The van der Waals surface area contributed by atoms with Gasteiger partial charge in [0.25, 0.3) is 0 Å². The summed E-state index contributed by atoms with van der Waals surface area (Å²) in [6.45, 7) is 0. The summed E-state index contributed by atoms with van der Waals surface area (Å²) in [5.41, 5.74) is 4.48. The summed E-state index contributed by atoms with van der Waals surface area (Å²) in [5, 5.41) is 0. The van der Waals surface area contributed by atoms with Gasteiger partial charge in [0, 0.05) is 79.9 Å². The van der Waals surface area contributed by atoms with Crippen molar-refractivity contribution < 1.29 is 74.4 Å². The van der Waals surface area contributed by atoms with Crippen LogP contribution in [-0.2, 0) is 67.5 Å². The largest absolute Gasteiger partial charge is 0.381 e. The van der Waals surface area contributed by atoms with Crippen molar-refractivity contribution in [1.29, 1.82) is 0 Å². The van der Waals surface area contributed by atoms with Crippen molar-refractivity contribution >= 4 is 0 Å². The Balaban J connectivity index is 0.000000316. The molecule has 6 aromatic rings. The number of halogens is 3. The molecule has 43 heavy (non-hydrogen) atoms. The van der Waals surface area contributed by atoms with Gasteiger partial charge in [-0.05, 0) is 40.8 Å². The van der Waals surface area contributed by atoms with Crippen molar-refractivity contribution in [3.05, 3.63) is 164 Å². The summed E-state index contributed by atoms with van der Waals surface area (Å²) in [7, 11) is 0. The van der Waals surface area contributed by atoms with Crippen LogP contribution in [0.2, 0.25) is 0 Å². The molecular formula is C34H23F3Ir2N3Pt-3. The molecular weight excluding hydrogens is 1090 g/mol. The molecule has 0 bridgehead atoms. The van der Waals surface area contributed by atoms with Gasteiger partial charge in [0.15, 0.2) is 0 Å². The first-order valence-electron chi connectivity index (χ1n) is 12.3. The van der Waals surface area contributed by atoms with Gasteiger partial charge in [-0.15, -0.1) is 102 Å². The van der Waals surface area contributed by atoms with Gasteiger partial charge in [0.2, 0.25) is 0 Å². The molecule has 0 spiro atoms. The van der Waals surface area contributed by atoms with Crippen LogP contribution >= 0.6 is 0 Å². The number of nitrogens with zero attached hydrogens (tertiary/aromatic N) is 3. The molecule has 0 atom stereocenters. The van der Waals surface area contributed by atoms with Crippen molar-refractivity contribution in [2.24, 2.45) is 0 Å². The molecule has 0 fully saturated rings. The fourth-order valence-electron chi connectivity index (χ4n) is 3.43. The number of benzene rings is 3. The van der Waals surface area contributed by atoms with Crippen LogP contribution in [0.1, 0.15) is 5.56 Å². The van der Waals surface area contributed by atoms with E-state index in [9.17, 15) is 13.2 Å². The monoisotopic (exact) mass is 1110 g/mol. The topological polar surface area (TPSA) is 38.7 Å². The minimum Gasteiger partial charge on any atom is -0.305 e. The van der Waals surface area contributed by atoms with Crippen LogP contribution in [0.25, 0.3) is 33.8 Å². The Morgan fingerprint density at radius 2 is 0.860 bits per heavy atom. The van der Waals surface area contributed by atoms with Gasteiger partial charge < -0.3 is 15.0 Å². The maximum atomic E-state index is 12.3. The minimum atomic E-state index is -4.32. The Labute approximate surface area is 291 Å². The summed E-state index contributed by atoms with van der Waals surface area (Å²) < 4.78 is 36.9. The van der Waals surface area contributed by atoms with E-state index in [1.54, 1.807) is 36.8 Å². The number of pyridine rings is 3. The average molecular weight is 1110 g/mol. The Morgan fingerprint density at radius 1 is 0.465 bits per heavy atom. The molecule has 0 saturated carbocycles. The third-order valence-electron chi connectivity index (χ3n) is 5.38. The summed E-state index contributed by atoms with van der Waals surface area (Å²) in [6, 6.07) is 44.8. The zero-order valence-corrected chi connectivity index (χ0v) is 29.3. The van der Waals surface area contributed by atoms with Crippen LogP contribution in [0.15, 0.2) is 140 Å². The predicted molar refractivity (Wildman–Crippen MR) is 151 cm³/mol. The number of alkyl halides is 3. The zero-order chi connectivity index (χ0) is 28.0. The van der Waals surface area contributed by atoms with Gasteiger partial charge >= 0.3 is 6.18 Å². The number of rotatable bonds is 3. The molecule has 3 nitrogen and oxygen atoms in total. The van der Waals surface area contributed by atoms with E-state index in [-0.39, 0.29) is 61.3 Å². The van der Waals surface area contributed by atoms with Crippen molar-refractivity contribution in [1.82, 2.24) is 15.0 Å². The number of aromatic nitrogens is 3. The molecule has 0 N–H and O–H groups in total. The molecule has 0 aliphatic rings. The summed E-state index contributed by atoms with van der Waals surface area (Å²) in [4.78, 5) is 12.5. The van der Waals surface area contributed by atoms with Gasteiger partial charge in [-0.3, -0.25) is 0 Å². The smallest absolute Gasteiger partial charge is 0.305 e. The van der Waals surface area contributed by atoms with Crippen LogP contribution in [-0.4, -0.2) is 15.0 Å². The van der Waals surface area contributed by atoms with E-state index >= 15 is 0 Å². The minimum absolute atomic E-state index is 0. The first-order valence-corrected chi connectivity index (χ1v) is 12.3. The molecule has 3 heterocycles. The van der Waals surface area contributed by atoms with Crippen LogP contribution < -0.4 is 0 Å². The first-order chi connectivity index (χ1) is 19.5. The van der Waals surface area contributed by atoms with Gasteiger partial charge in [0.1, 0.15) is 0 Å². The quantitative estimate of drug-likeness (QED) is 0.167. The van der Waals surface area contributed by atoms with Crippen LogP contribution in [0, 0.1) is 18.2 Å². The van der Waals surface area contributed by atoms with E-state index in [1.165, 1.54) is 6.07 Å². The molecule has 0 unspecified atom stereocenters. The van der Waals surface area contributed by atoms with E-state index in [0.717, 1.165) is 34.6 Å². The maximum absolute atomic E-state index is 12.3. The van der Waals surface area contributed by atoms with E-state index < -0.39 is 11.7 Å². The average Bonchev–Trinajstić information content (AvgIpc) is 3.03. The Kier molecular flexibility index (Phi) is 17.6. The van der Waals surface area contributed by atoms with Crippen LogP contribution in [0.4, 0.5) is 13.2 Å². The van der Waals surface area contributed by atoms with Crippen molar-refractivity contribution in [3.8, 4) is 33.8 Å². The van der Waals surface area contributed by atoms with Crippen molar-refractivity contribution in [3.63, 3.8) is 0 Å². The Hall–Kier alpha value is -3.11. The molecule has 0 aliphatic heterocycles. The summed E-state index contributed by atoms with van der Waals surface area (Å²) in [5.74, 6) is 0. The van der Waals surface area contributed by atoms with Crippen LogP contribution in [0.5, 0.6) is 0 Å². The normalized spacial score (nSPS) is 9.65. The zero-order valence-electron chi connectivity index (χ0n) is 22.2. The summed E-state index contributed by atoms with van der Waals surface area (Å²) >= 11 is 0. The van der Waals surface area contributed by atoms with Crippen molar-refractivity contribution in [2.45, 2.75) is 6.18 Å². The van der Waals surface area contributed by atoms with Gasteiger partial charge in [-0.25, -0.2) is 0 Å². The molecule has 0 saturated heterocycles. The Bertz CT molecular complexity index is 1400. The molecule has 0 amide bonds. The molecule has 9 heteroatoms. The molecule has 3 aromatic heterocycles. The van der Waals surface area contributed by atoms with E-state index in [2.05, 4.69) is 33.2 Å². The van der Waals surface area contributed by atoms with E-state index in [1.807, 2.05) is 84.9 Å². The molecule has 3 aromatic carbocycles. The Morgan fingerprint density at radius 3 is 1.14 bits per heavy atom.